The first kappa shape index (κ1) is 19.9. The van der Waals surface area contributed by atoms with E-state index >= 15 is 0 Å². The van der Waals surface area contributed by atoms with Gasteiger partial charge in [-0.15, -0.1) is 0 Å². The molecule has 0 atom stereocenters. The topological polar surface area (TPSA) is 73.2 Å². The number of fused-ring (bicyclic) bond motifs is 1. The molecule has 1 amide bonds. The fraction of sp³-hybridized carbons (Fsp3) is 0.174. The molecule has 6 nitrogen and oxygen atoms in total. The summed E-state index contributed by atoms with van der Waals surface area (Å²) in [5.74, 6) is 0.0943. The summed E-state index contributed by atoms with van der Waals surface area (Å²) < 4.78 is 7.04. The average Bonchev–Trinajstić information content (AvgIpc) is 3.00. The minimum Gasteiger partial charge on any atom is -0.482 e. The number of ether oxygens (including phenoxy) is 1. The van der Waals surface area contributed by atoms with Crippen LogP contribution in [0.1, 0.15) is 32.7 Å². The summed E-state index contributed by atoms with van der Waals surface area (Å²) in [6.45, 7) is 4.42. The van der Waals surface area contributed by atoms with Crippen LogP contribution in [-0.2, 0) is 11.3 Å². The van der Waals surface area contributed by atoms with E-state index in [0.29, 0.717) is 34.3 Å². The Bertz CT molecular complexity index is 1160. The maximum Gasteiger partial charge on any atom is 0.262 e. The number of aryl methyl sites for hydroxylation is 2. The Kier molecular flexibility index (Phi) is 5.42. The zero-order chi connectivity index (χ0) is 21.3. The van der Waals surface area contributed by atoms with Crippen LogP contribution < -0.4 is 10.1 Å². The molecular weight excluding hydrogens is 402 g/mol. The number of allylic oxidation sites excluding steroid dienone is 1. The van der Waals surface area contributed by atoms with Gasteiger partial charge in [0.25, 0.3) is 5.91 Å². The minimum absolute atomic E-state index is 0.0233. The molecule has 4 rings (SSSR count). The van der Waals surface area contributed by atoms with Crippen LogP contribution in [0.4, 0.5) is 5.69 Å². The van der Waals surface area contributed by atoms with Crippen LogP contribution in [0.3, 0.4) is 0 Å². The van der Waals surface area contributed by atoms with Gasteiger partial charge in [-0.2, -0.15) is 5.10 Å². The zero-order valence-corrected chi connectivity index (χ0v) is 17.4. The number of ketones is 1. The van der Waals surface area contributed by atoms with E-state index in [9.17, 15) is 9.59 Å². The maximum absolute atomic E-state index is 12.6. The van der Waals surface area contributed by atoms with Gasteiger partial charge in [0.15, 0.2) is 12.4 Å². The van der Waals surface area contributed by atoms with Crippen LogP contribution in [0.15, 0.2) is 48.5 Å². The van der Waals surface area contributed by atoms with Gasteiger partial charge in [-0.05, 0) is 49.8 Å². The van der Waals surface area contributed by atoms with E-state index in [4.69, 9.17) is 16.3 Å². The number of rotatable bonds is 5. The third-order valence-electron chi connectivity index (χ3n) is 4.86. The number of hydrogen-bond donors (Lipinski definition) is 1. The van der Waals surface area contributed by atoms with Gasteiger partial charge in [-0.25, -0.2) is 4.68 Å². The van der Waals surface area contributed by atoms with E-state index in [1.807, 2.05) is 38.1 Å². The largest absolute Gasteiger partial charge is 0.482 e. The highest BCUT2D eigenvalue weighted by molar-refractivity contribution is 6.31. The van der Waals surface area contributed by atoms with Gasteiger partial charge in [0.05, 0.1) is 17.9 Å². The van der Waals surface area contributed by atoms with Crippen molar-refractivity contribution in [3.63, 3.8) is 0 Å². The summed E-state index contributed by atoms with van der Waals surface area (Å²) in [5, 5.41) is 7.68. The van der Waals surface area contributed by atoms with Crippen molar-refractivity contribution in [1.29, 1.82) is 0 Å². The molecule has 1 aromatic heterocycles. The number of halogens is 1. The van der Waals surface area contributed by atoms with E-state index < -0.39 is 0 Å². The van der Waals surface area contributed by atoms with Crippen molar-refractivity contribution in [2.24, 2.45) is 0 Å². The second-order valence-corrected chi connectivity index (χ2v) is 7.54. The van der Waals surface area contributed by atoms with Gasteiger partial charge in [0, 0.05) is 11.1 Å². The summed E-state index contributed by atoms with van der Waals surface area (Å²) in [6, 6.07) is 13.1. The summed E-state index contributed by atoms with van der Waals surface area (Å²) in [5.41, 5.74) is 4.66. The van der Waals surface area contributed by atoms with Gasteiger partial charge in [0.2, 0.25) is 0 Å². The van der Waals surface area contributed by atoms with E-state index in [-0.39, 0.29) is 18.3 Å². The number of hydrogen-bond acceptors (Lipinski definition) is 4. The van der Waals surface area contributed by atoms with Crippen molar-refractivity contribution >= 4 is 35.1 Å². The number of nitrogens with zero attached hydrogens (tertiary/aromatic N) is 2. The van der Waals surface area contributed by atoms with Gasteiger partial charge in [-0.3, -0.25) is 9.59 Å². The van der Waals surface area contributed by atoms with Crippen LogP contribution in [0, 0.1) is 13.8 Å². The maximum atomic E-state index is 12.6. The van der Waals surface area contributed by atoms with Crippen LogP contribution >= 0.6 is 11.6 Å². The van der Waals surface area contributed by atoms with Crippen molar-refractivity contribution < 1.29 is 14.3 Å². The van der Waals surface area contributed by atoms with Crippen molar-refractivity contribution in [2.75, 3.05) is 11.9 Å². The zero-order valence-electron chi connectivity index (χ0n) is 16.6. The lowest BCUT2D eigenvalue weighted by Crippen LogP contribution is -2.25. The molecule has 1 aliphatic rings. The highest BCUT2D eigenvalue weighted by Gasteiger charge is 2.17. The average molecular weight is 422 g/mol. The van der Waals surface area contributed by atoms with Crippen LogP contribution in [0.5, 0.6) is 5.75 Å². The fourth-order valence-electron chi connectivity index (χ4n) is 3.22. The standard InChI is InChI=1S/C23H20ClN3O3/c1-14-3-5-16(6-4-14)12-27-23(24)18(15(2)26-27)8-9-20(28)17-7-10-21-19(11-17)25-22(29)13-30-21/h3-11H,12-13H2,1-2H3,(H,25,29)/b9-8+. The summed E-state index contributed by atoms with van der Waals surface area (Å²) in [7, 11) is 0. The van der Waals surface area contributed by atoms with Gasteiger partial charge >= 0.3 is 0 Å². The summed E-state index contributed by atoms with van der Waals surface area (Å²) in [4.78, 5) is 24.1. The first-order valence-electron chi connectivity index (χ1n) is 9.48. The quantitative estimate of drug-likeness (QED) is 0.488. The van der Waals surface area contributed by atoms with Crippen molar-refractivity contribution in [2.45, 2.75) is 20.4 Å². The highest BCUT2D eigenvalue weighted by atomic mass is 35.5. The third-order valence-corrected chi connectivity index (χ3v) is 5.26. The molecule has 0 bridgehead atoms. The monoisotopic (exact) mass is 421 g/mol. The van der Waals surface area contributed by atoms with Crippen molar-refractivity contribution in [1.82, 2.24) is 9.78 Å². The van der Waals surface area contributed by atoms with Crippen LogP contribution in [-0.4, -0.2) is 28.1 Å². The number of carbonyl (C=O) groups excluding carboxylic acids is 2. The lowest BCUT2D eigenvalue weighted by Gasteiger charge is -2.17. The van der Waals surface area contributed by atoms with E-state index in [1.165, 1.54) is 11.6 Å². The molecule has 2 heterocycles. The molecule has 0 saturated heterocycles. The number of aromatic nitrogens is 2. The molecule has 0 saturated carbocycles. The second kappa shape index (κ2) is 8.16. The predicted octanol–water partition coefficient (Wildman–Crippen LogP) is 4.43. The molecule has 7 heteroatoms. The Morgan fingerprint density at radius 2 is 2.00 bits per heavy atom. The molecular formula is C23H20ClN3O3. The Hall–Kier alpha value is -3.38. The Morgan fingerprint density at radius 1 is 1.23 bits per heavy atom. The number of carbonyl (C=O) groups is 2. The Labute approximate surface area is 179 Å². The van der Waals surface area contributed by atoms with Gasteiger partial charge in [0.1, 0.15) is 10.9 Å². The van der Waals surface area contributed by atoms with Crippen LogP contribution in [0.25, 0.3) is 6.08 Å². The molecule has 1 aliphatic heterocycles. The minimum atomic E-state index is -0.244. The molecule has 1 N–H and O–H groups in total. The molecule has 0 unspecified atom stereocenters. The van der Waals surface area contributed by atoms with Gasteiger partial charge in [-0.1, -0.05) is 41.4 Å². The summed E-state index contributed by atoms with van der Waals surface area (Å²) in [6.07, 6.45) is 3.13. The molecule has 30 heavy (non-hydrogen) atoms. The molecule has 0 aliphatic carbocycles. The molecule has 0 spiro atoms. The van der Waals surface area contributed by atoms with E-state index in [0.717, 1.165) is 11.3 Å². The number of anilines is 1. The van der Waals surface area contributed by atoms with Gasteiger partial charge < -0.3 is 10.1 Å². The SMILES string of the molecule is Cc1ccc(Cn2nc(C)c(/C=C/C(=O)c3ccc4c(c3)NC(=O)CO4)c2Cl)cc1. The predicted molar refractivity (Wildman–Crippen MR) is 116 cm³/mol. The number of amides is 1. The molecule has 0 radical (unpaired) electrons. The van der Waals surface area contributed by atoms with E-state index in [1.54, 1.807) is 29.0 Å². The molecule has 152 valence electrons. The first-order chi connectivity index (χ1) is 14.4. The molecule has 0 fully saturated rings. The second-order valence-electron chi connectivity index (χ2n) is 7.18. The Morgan fingerprint density at radius 3 is 2.77 bits per heavy atom. The molecule has 3 aromatic rings. The first-order valence-corrected chi connectivity index (χ1v) is 9.86. The number of nitrogens with one attached hydrogen (secondary N) is 1. The highest BCUT2D eigenvalue weighted by Crippen LogP contribution is 2.29. The fourth-order valence-corrected chi connectivity index (χ4v) is 3.52. The summed E-state index contributed by atoms with van der Waals surface area (Å²) >= 11 is 6.53. The lowest BCUT2D eigenvalue weighted by atomic mass is 10.1. The smallest absolute Gasteiger partial charge is 0.262 e. The Balaban J connectivity index is 1.53. The molecule has 2 aromatic carbocycles. The third kappa shape index (κ3) is 4.14. The van der Waals surface area contributed by atoms with E-state index in [2.05, 4.69) is 10.4 Å². The number of benzene rings is 2. The van der Waals surface area contributed by atoms with Crippen LogP contribution in [0.2, 0.25) is 5.15 Å². The normalized spacial score (nSPS) is 13.1. The lowest BCUT2D eigenvalue weighted by molar-refractivity contribution is -0.118. The van der Waals surface area contributed by atoms with Crippen molar-refractivity contribution in [3.05, 3.63) is 81.6 Å². The van der Waals surface area contributed by atoms with Crippen molar-refractivity contribution in [3.8, 4) is 5.75 Å².